The van der Waals surface area contributed by atoms with Crippen LogP contribution < -0.4 is 5.32 Å². The van der Waals surface area contributed by atoms with Crippen molar-refractivity contribution < 1.29 is 9.53 Å². The number of rotatable bonds is 7. The molecule has 0 aromatic carbocycles. The van der Waals surface area contributed by atoms with Crippen LogP contribution in [0.5, 0.6) is 0 Å². The largest absolute Gasteiger partial charge is 0.469 e. The quantitative estimate of drug-likeness (QED) is 0.761. The molecule has 1 N–H and O–H groups in total. The molecule has 0 saturated carbocycles. The first-order valence-corrected chi connectivity index (χ1v) is 6.88. The third-order valence-electron chi connectivity index (χ3n) is 2.89. The maximum absolute atomic E-state index is 11.4. The summed E-state index contributed by atoms with van der Waals surface area (Å²) in [6.07, 6.45) is 1.54. The Bertz CT molecular complexity index is 324. The molecule has 3 nitrogen and oxygen atoms in total. The maximum Gasteiger partial charge on any atom is 0.307 e. The van der Waals surface area contributed by atoms with Gasteiger partial charge in [0.2, 0.25) is 0 Å². The Morgan fingerprint density at radius 1 is 1.59 bits per heavy atom. The normalized spacial score (nSPS) is 14.3. The van der Waals surface area contributed by atoms with E-state index in [1.165, 1.54) is 12.0 Å². The number of nitrogens with one attached hydrogen (secondary N) is 1. The average molecular weight is 255 g/mol. The molecule has 0 spiro atoms. The molecule has 2 atom stereocenters. The lowest BCUT2D eigenvalue weighted by Gasteiger charge is -2.18. The van der Waals surface area contributed by atoms with E-state index < -0.39 is 0 Å². The molecule has 0 fully saturated rings. The van der Waals surface area contributed by atoms with E-state index in [1.807, 2.05) is 11.4 Å². The predicted octanol–water partition coefficient (Wildman–Crippen LogP) is 2.99. The van der Waals surface area contributed by atoms with Crippen LogP contribution in [0.4, 0.5) is 0 Å². The highest BCUT2D eigenvalue weighted by Gasteiger charge is 2.17. The number of esters is 1. The van der Waals surface area contributed by atoms with Crippen molar-refractivity contribution in [3.63, 3.8) is 0 Å². The lowest BCUT2D eigenvalue weighted by Crippen LogP contribution is -2.27. The van der Waals surface area contributed by atoms with Crippen LogP contribution in [0.15, 0.2) is 17.5 Å². The third-order valence-corrected chi connectivity index (χ3v) is 3.88. The summed E-state index contributed by atoms with van der Waals surface area (Å²) < 4.78 is 4.74. The van der Waals surface area contributed by atoms with Crippen LogP contribution in [-0.2, 0) is 9.53 Å². The van der Waals surface area contributed by atoms with Crippen LogP contribution in [0.3, 0.4) is 0 Å². The Balaban J connectivity index is 2.57. The zero-order valence-electron chi connectivity index (χ0n) is 10.7. The molecule has 0 aliphatic rings. The molecule has 0 amide bonds. The van der Waals surface area contributed by atoms with Crippen LogP contribution in [0, 0.1) is 5.92 Å². The molecule has 96 valence electrons. The van der Waals surface area contributed by atoms with Crippen molar-refractivity contribution in [2.75, 3.05) is 13.7 Å². The second kappa shape index (κ2) is 7.45. The molecule has 4 heteroatoms. The summed E-state index contributed by atoms with van der Waals surface area (Å²) >= 11 is 1.67. The monoisotopic (exact) mass is 255 g/mol. The molecular formula is C13H21NO2S. The van der Waals surface area contributed by atoms with Crippen LogP contribution in [0.25, 0.3) is 0 Å². The summed E-state index contributed by atoms with van der Waals surface area (Å²) in [6, 6.07) is 4.15. The van der Waals surface area contributed by atoms with E-state index in [-0.39, 0.29) is 12.0 Å². The van der Waals surface area contributed by atoms with Crippen molar-refractivity contribution in [1.82, 2.24) is 5.32 Å². The van der Waals surface area contributed by atoms with Gasteiger partial charge in [0.05, 0.1) is 19.6 Å². The predicted molar refractivity (Wildman–Crippen MR) is 71.2 cm³/mol. The molecule has 0 bridgehead atoms. The first-order chi connectivity index (χ1) is 8.17. The van der Waals surface area contributed by atoms with Gasteiger partial charge in [-0.25, -0.2) is 0 Å². The number of thiophene rings is 1. The zero-order chi connectivity index (χ0) is 12.7. The molecule has 1 aromatic rings. The van der Waals surface area contributed by atoms with E-state index >= 15 is 0 Å². The van der Waals surface area contributed by atoms with Crippen LogP contribution in [-0.4, -0.2) is 19.6 Å². The average Bonchev–Trinajstić information content (AvgIpc) is 2.87. The maximum atomic E-state index is 11.4. The highest BCUT2D eigenvalue weighted by molar-refractivity contribution is 7.10. The standard InChI is InChI=1S/C13H21NO2S/c1-4-10(2)9-14-11(8-13(15)16-3)12-6-5-7-17-12/h5-7,10-11,14H,4,8-9H2,1-3H3. The van der Waals surface area contributed by atoms with E-state index in [1.54, 1.807) is 11.3 Å². The van der Waals surface area contributed by atoms with Gasteiger partial charge in [-0.1, -0.05) is 26.3 Å². The fourth-order valence-electron chi connectivity index (χ4n) is 1.50. The number of ether oxygens (including phenoxy) is 1. The summed E-state index contributed by atoms with van der Waals surface area (Å²) in [6.45, 7) is 5.31. The first kappa shape index (κ1) is 14.2. The number of hydrogen-bond donors (Lipinski definition) is 1. The highest BCUT2D eigenvalue weighted by Crippen LogP contribution is 2.22. The minimum Gasteiger partial charge on any atom is -0.469 e. The third kappa shape index (κ3) is 4.88. The highest BCUT2D eigenvalue weighted by atomic mass is 32.1. The van der Waals surface area contributed by atoms with Crippen molar-refractivity contribution in [3.8, 4) is 0 Å². The minimum atomic E-state index is -0.167. The van der Waals surface area contributed by atoms with E-state index in [2.05, 4.69) is 25.2 Å². The Hall–Kier alpha value is -0.870. The van der Waals surface area contributed by atoms with Crippen LogP contribution in [0.1, 0.15) is 37.6 Å². The van der Waals surface area contributed by atoms with E-state index in [4.69, 9.17) is 4.74 Å². The molecule has 2 unspecified atom stereocenters. The molecule has 0 saturated heterocycles. The topological polar surface area (TPSA) is 38.3 Å². The van der Waals surface area contributed by atoms with E-state index in [0.29, 0.717) is 12.3 Å². The minimum absolute atomic E-state index is 0.0800. The molecule has 1 aromatic heterocycles. The molecule has 0 radical (unpaired) electrons. The zero-order valence-corrected chi connectivity index (χ0v) is 11.5. The summed E-state index contributed by atoms with van der Waals surface area (Å²) in [5, 5.41) is 5.48. The molecule has 0 aliphatic heterocycles. The fraction of sp³-hybridized carbons (Fsp3) is 0.615. The smallest absolute Gasteiger partial charge is 0.307 e. The van der Waals surface area contributed by atoms with Gasteiger partial charge in [-0.15, -0.1) is 11.3 Å². The molecule has 0 aliphatic carbocycles. The van der Waals surface area contributed by atoms with Crippen molar-refractivity contribution in [3.05, 3.63) is 22.4 Å². The molecule has 1 heterocycles. The molecule has 1 rings (SSSR count). The SMILES string of the molecule is CCC(C)CNC(CC(=O)OC)c1cccs1. The summed E-state index contributed by atoms with van der Waals surface area (Å²) in [4.78, 5) is 12.6. The Labute approximate surface area is 107 Å². The van der Waals surface area contributed by atoms with Gasteiger partial charge in [0.1, 0.15) is 0 Å². The number of hydrogen-bond acceptors (Lipinski definition) is 4. The lowest BCUT2D eigenvalue weighted by atomic mass is 10.1. The van der Waals surface area contributed by atoms with E-state index in [9.17, 15) is 4.79 Å². The van der Waals surface area contributed by atoms with Crippen molar-refractivity contribution >= 4 is 17.3 Å². The van der Waals surface area contributed by atoms with Crippen molar-refractivity contribution in [2.45, 2.75) is 32.7 Å². The Morgan fingerprint density at radius 3 is 2.88 bits per heavy atom. The number of carbonyl (C=O) groups is 1. The summed E-state index contributed by atoms with van der Waals surface area (Å²) in [5.41, 5.74) is 0. The van der Waals surface area contributed by atoms with Crippen LogP contribution >= 0.6 is 11.3 Å². The lowest BCUT2D eigenvalue weighted by molar-refractivity contribution is -0.141. The summed E-state index contributed by atoms with van der Waals surface area (Å²) in [5.74, 6) is 0.454. The Kier molecular flexibility index (Phi) is 6.22. The van der Waals surface area contributed by atoms with Crippen LogP contribution in [0.2, 0.25) is 0 Å². The van der Waals surface area contributed by atoms with Gasteiger partial charge in [-0.05, 0) is 23.9 Å². The van der Waals surface area contributed by atoms with Crippen molar-refractivity contribution in [2.24, 2.45) is 5.92 Å². The van der Waals surface area contributed by atoms with Gasteiger partial charge in [0, 0.05) is 4.88 Å². The van der Waals surface area contributed by atoms with E-state index in [0.717, 1.165) is 13.0 Å². The molecule has 17 heavy (non-hydrogen) atoms. The first-order valence-electron chi connectivity index (χ1n) is 6.01. The second-order valence-corrected chi connectivity index (χ2v) is 5.25. The second-order valence-electron chi connectivity index (χ2n) is 4.27. The van der Waals surface area contributed by atoms with Gasteiger partial charge in [-0.2, -0.15) is 0 Å². The van der Waals surface area contributed by atoms with Crippen molar-refractivity contribution in [1.29, 1.82) is 0 Å². The number of methoxy groups -OCH3 is 1. The van der Waals surface area contributed by atoms with Gasteiger partial charge >= 0.3 is 5.97 Å². The van der Waals surface area contributed by atoms with Gasteiger partial charge in [0.25, 0.3) is 0 Å². The summed E-state index contributed by atoms with van der Waals surface area (Å²) in [7, 11) is 1.43. The van der Waals surface area contributed by atoms with Gasteiger partial charge < -0.3 is 10.1 Å². The Morgan fingerprint density at radius 2 is 2.35 bits per heavy atom. The van der Waals surface area contributed by atoms with Gasteiger partial charge in [0.15, 0.2) is 0 Å². The van der Waals surface area contributed by atoms with Gasteiger partial charge in [-0.3, -0.25) is 4.79 Å². The number of carbonyl (C=O) groups excluding carboxylic acids is 1. The molecular weight excluding hydrogens is 234 g/mol. The fourth-order valence-corrected chi connectivity index (χ4v) is 2.30.